The molecule has 2 aromatic heterocycles. The summed E-state index contributed by atoms with van der Waals surface area (Å²) in [5, 5.41) is 4.02. The molecule has 4 nitrogen and oxygen atoms in total. The molecule has 0 N–H and O–H groups in total. The van der Waals surface area contributed by atoms with Crippen LogP contribution in [0.25, 0.3) is 32.8 Å². The third-order valence-electron chi connectivity index (χ3n) is 3.81. The van der Waals surface area contributed by atoms with Gasteiger partial charge in [0.25, 0.3) is 0 Å². The summed E-state index contributed by atoms with van der Waals surface area (Å²) in [6.07, 6.45) is 0. The lowest BCUT2D eigenvalue weighted by molar-refractivity contribution is 0.415. The molecule has 0 bridgehead atoms. The first-order valence-corrected chi connectivity index (χ1v) is 8.73. The highest BCUT2D eigenvalue weighted by Gasteiger charge is 2.13. The van der Waals surface area contributed by atoms with E-state index in [0.29, 0.717) is 21.9 Å². The van der Waals surface area contributed by atoms with Gasteiger partial charge in [0.05, 0.1) is 18.4 Å². The monoisotopic (exact) mass is 369 g/mol. The normalized spacial score (nSPS) is 11.0. The summed E-state index contributed by atoms with van der Waals surface area (Å²) < 4.78 is 10.5. The van der Waals surface area contributed by atoms with E-state index in [1.165, 1.54) is 11.3 Å². The van der Waals surface area contributed by atoms with E-state index in [0.717, 1.165) is 21.7 Å². The Morgan fingerprint density at radius 1 is 1.12 bits per heavy atom. The van der Waals surface area contributed by atoms with Crippen molar-refractivity contribution in [1.82, 2.24) is 4.98 Å². The van der Waals surface area contributed by atoms with Crippen molar-refractivity contribution >= 4 is 33.9 Å². The first-order valence-electron chi connectivity index (χ1n) is 7.48. The van der Waals surface area contributed by atoms with Crippen molar-refractivity contribution < 1.29 is 9.15 Å². The van der Waals surface area contributed by atoms with Gasteiger partial charge in [-0.15, -0.1) is 11.3 Å². The number of nitrogens with zero attached hydrogens (tertiary/aromatic N) is 1. The Balaban J connectivity index is 1.77. The fourth-order valence-electron chi connectivity index (χ4n) is 2.54. The molecule has 0 radical (unpaired) electrons. The lowest BCUT2D eigenvalue weighted by atomic mass is 10.1. The average molecular weight is 370 g/mol. The highest BCUT2D eigenvalue weighted by molar-refractivity contribution is 7.13. The molecule has 4 aromatic rings. The Morgan fingerprint density at radius 3 is 2.68 bits per heavy atom. The van der Waals surface area contributed by atoms with Crippen LogP contribution < -0.4 is 10.4 Å². The minimum absolute atomic E-state index is 0.415. The zero-order chi connectivity index (χ0) is 17.4. The van der Waals surface area contributed by atoms with Gasteiger partial charge in [0.1, 0.15) is 16.3 Å². The summed E-state index contributed by atoms with van der Waals surface area (Å²) >= 11 is 7.49. The second-order valence-electron chi connectivity index (χ2n) is 5.40. The zero-order valence-electron chi connectivity index (χ0n) is 13.2. The van der Waals surface area contributed by atoms with E-state index in [1.54, 1.807) is 31.4 Å². The maximum atomic E-state index is 12.3. The molecule has 0 spiro atoms. The van der Waals surface area contributed by atoms with Crippen LogP contribution in [0.2, 0.25) is 5.02 Å². The van der Waals surface area contributed by atoms with Crippen molar-refractivity contribution in [2.75, 3.05) is 7.11 Å². The van der Waals surface area contributed by atoms with Crippen molar-refractivity contribution in [3.8, 4) is 27.6 Å². The summed E-state index contributed by atoms with van der Waals surface area (Å²) in [7, 11) is 1.63. The summed E-state index contributed by atoms with van der Waals surface area (Å²) in [6.45, 7) is 0. The largest absolute Gasteiger partial charge is 0.497 e. The van der Waals surface area contributed by atoms with Gasteiger partial charge >= 0.3 is 5.63 Å². The van der Waals surface area contributed by atoms with Crippen LogP contribution in [0.4, 0.5) is 0 Å². The minimum atomic E-state index is -0.415. The number of rotatable bonds is 3. The van der Waals surface area contributed by atoms with E-state index < -0.39 is 5.63 Å². The molecule has 0 saturated carbocycles. The number of ether oxygens (including phenoxy) is 1. The van der Waals surface area contributed by atoms with Crippen LogP contribution in [0.3, 0.4) is 0 Å². The van der Waals surface area contributed by atoms with Crippen molar-refractivity contribution in [3.63, 3.8) is 0 Å². The second kappa shape index (κ2) is 6.35. The number of hydrogen-bond donors (Lipinski definition) is 0. The molecule has 4 rings (SSSR count). The van der Waals surface area contributed by atoms with Crippen LogP contribution in [0.15, 0.2) is 63.1 Å². The number of benzene rings is 2. The van der Waals surface area contributed by atoms with Crippen LogP contribution in [-0.2, 0) is 0 Å². The molecule has 0 fully saturated rings. The molecule has 0 amide bonds. The van der Waals surface area contributed by atoms with Crippen molar-refractivity contribution in [1.29, 1.82) is 0 Å². The molecule has 2 aromatic carbocycles. The predicted molar refractivity (Wildman–Crippen MR) is 101 cm³/mol. The number of fused-ring (bicyclic) bond motifs is 1. The van der Waals surface area contributed by atoms with E-state index in [-0.39, 0.29) is 0 Å². The number of hydrogen-bond acceptors (Lipinski definition) is 5. The first kappa shape index (κ1) is 15.9. The van der Waals surface area contributed by atoms with Crippen LogP contribution in [-0.4, -0.2) is 12.1 Å². The molecular weight excluding hydrogens is 358 g/mol. The molecule has 0 unspecified atom stereocenters. The van der Waals surface area contributed by atoms with E-state index >= 15 is 0 Å². The lowest BCUT2D eigenvalue weighted by Gasteiger charge is -2.01. The van der Waals surface area contributed by atoms with Crippen LogP contribution >= 0.6 is 22.9 Å². The Hall–Kier alpha value is -2.63. The highest BCUT2D eigenvalue weighted by Crippen LogP contribution is 2.30. The molecule has 124 valence electrons. The lowest BCUT2D eigenvalue weighted by Crippen LogP contribution is -2.02. The summed E-state index contributed by atoms with van der Waals surface area (Å²) in [5.41, 5.74) is 2.06. The molecule has 6 heteroatoms. The minimum Gasteiger partial charge on any atom is -0.497 e. The van der Waals surface area contributed by atoms with Crippen molar-refractivity contribution in [3.05, 3.63) is 69.4 Å². The number of aromatic nitrogens is 1. The van der Waals surface area contributed by atoms with E-state index in [4.69, 9.17) is 20.8 Å². The second-order valence-corrected chi connectivity index (χ2v) is 6.69. The van der Waals surface area contributed by atoms with E-state index in [2.05, 4.69) is 4.98 Å². The molecule has 0 saturated heterocycles. The van der Waals surface area contributed by atoms with Gasteiger partial charge in [-0.2, -0.15) is 0 Å². The standard InChI is InChI=1S/C19H12ClNO3S/c1-23-14-5-2-11(3-6-14)18-21-16(10-25-18)15-9-12-8-13(20)4-7-17(12)24-19(15)22/h2-10H,1H3. The number of thiazole rings is 1. The van der Waals surface area contributed by atoms with Crippen molar-refractivity contribution in [2.24, 2.45) is 0 Å². The third kappa shape index (κ3) is 3.04. The number of halogens is 1. The van der Waals surface area contributed by atoms with Gasteiger partial charge in [-0.25, -0.2) is 9.78 Å². The van der Waals surface area contributed by atoms with Gasteiger partial charge in [-0.3, -0.25) is 0 Å². The van der Waals surface area contributed by atoms with Gasteiger partial charge in [0.2, 0.25) is 0 Å². The maximum Gasteiger partial charge on any atom is 0.345 e. The molecule has 0 atom stereocenters. The molecular formula is C19H12ClNO3S. The average Bonchev–Trinajstić information content (AvgIpc) is 3.11. The van der Waals surface area contributed by atoms with Crippen molar-refractivity contribution in [2.45, 2.75) is 0 Å². The van der Waals surface area contributed by atoms with E-state index in [9.17, 15) is 4.79 Å². The molecule has 0 aliphatic rings. The third-order valence-corrected chi connectivity index (χ3v) is 4.94. The SMILES string of the molecule is COc1ccc(-c2nc(-c3cc4cc(Cl)ccc4oc3=O)cs2)cc1. The quantitative estimate of drug-likeness (QED) is 0.463. The predicted octanol–water partition coefficient (Wildman–Crippen LogP) is 5.25. The summed E-state index contributed by atoms with van der Waals surface area (Å²) in [6, 6.07) is 14.5. The maximum absolute atomic E-state index is 12.3. The number of methoxy groups -OCH3 is 1. The Labute approximate surface area is 152 Å². The Bertz CT molecular complexity index is 1120. The van der Waals surface area contributed by atoms with Gasteiger partial charge < -0.3 is 9.15 Å². The van der Waals surface area contributed by atoms with Gasteiger partial charge in [-0.05, 0) is 48.5 Å². The summed E-state index contributed by atoms with van der Waals surface area (Å²) in [4.78, 5) is 16.9. The van der Waals surface area contributed by atoms with Gasteiger partial charge in [0.15, 0.2) is 0 Å². The summed E-state index contributed by atoms with van der Waals surface area (Å²) in [5.74, 6) is 0.785. The van der Waals surface area contributed by atoms with Gasteiger partial charge in [0, 0.05) is 21.4 Å². The Kier molecular flexibility index (Phi) is 4.03. The first-order chi connectivity index (χ1) is 12.1. The highest BCUT2D eigenvalue weighted by atomic mass is 35.5. The van der Waals surface area contributed by atoms with Crippen LogP contribution in [0, 0.1) is 0 Å². The van der Waals surface area contributed by atoms with Gasteiger partial charge in [-0.1, -0.05) is 11.6 Å². The molecule has 25 heavy (non-hydrogen) atoms. The molecule has 0 aliphatic heterocycles. The molecule has 0 aliphatic carbocycles. The molecule has 2 heterocycles. The fourth-order valence-corrected chi connectivity index (χ4v) is 3.54. The van der Waals surface area contributed by atoms with E-state index in [1.807, 2.05) is 29.6 Å². The zero-order valence-corrected chi connectivity index (χ0v) is 14.7. The fraction of sp³-hybridized carbons (Fsp3) is 0.0526. The topological polar surface area (TPSA) is 52.3 Å². The smallest absolute Gasteiger partial charge is 0.345 e. The van der Waals surface area contributed by atoms with Crippen LogP contribution in [0.5, 0.6) is 5.75 Å². The van der Waals surface area contributed by atoms with Crippen LogP contribution in [0.1, 0.15) is 0 Å². The Morgan fingerprint density at radius 2 is 1.92 bits per heavy atom.